The average molecular weight is 738 g/mol. The maximum absolute atomic E-state index is 13.1. The molecule has 0 aromatic heterocycles. The number of hydrogen-bond donors (Lipinski definition) is 0. The van der Waals surface area contributed by atoms with Crippen LogP contribution in [-0.4, -0.2) is 30.9 Å². The highest BCUT2D eigenvalue weighted by Crippen LogP contribution is 2.24. The lowest BCUT2D eigenvalue weighted by molar-refractivity contribution is -0.146. The zero-order chi connectivity index (χ0) is 38.6. The lowest BCUT2D eigenvalue weighted by Gasteiger charge is -2.17. The Bertz CT molecular complexity index is 1060. The second-order valence-electron chi connectivity index (χ2n) is 15.9. The van der Waals surface area contributed by atoms with Crippen LogP contribution < -0.4 is 0 Å². The van der Waals surface area contributed by atoms with Crippen molar-refractivity contribution in [3.05, 3.63) is 59.2 Å². The summed E-state index contributed by atoms with van der Waals surface area (Å²) in [5.74, 6) is 0.188. The number of hydrogen-bond acceptors (Lipinski definition) is 5. The van der Waals surface area contributed by atoms with Gasteiger partial charge in [-0.2, -0.15) is 0 Å². The van der Waals surface area contributed by atoms with Crippen LogP contribution in [0.15, 0.2) is 42.5 Å². The number of esters is 2. The average Bonchev–Trinajstić information content (AvgIpc) is 3.13. The van der Waals surface area contributed by atoms with Crippen molar-refractivity contribution in [1.29, 1.82) is 0 Å². The minimum Gasteiger partial charge on any atom is -0.461 e. The number of carbonyl (C=O) groups is 2. The third-order valence-corrected chi connectivity index (χ3v) is 10.1. The molecule has 0 amide bonds. The van der Waals surface area contributed by atoms with Gasteiger partial charge in [-0.05, 0) is 94.1 Å². The molecule has 5 heteroatoms. The van der Waals surface area contributed by atoms with E-state index in [0.717, 1.165) is 68.2 Å². The summed E-state index contributed by atoms with van der Waals surface area (Å²) in [6.45, 7) is 8.05. The Kier molecular flexibility index (Phi) is 32.4. The highest BCUT2D eigenvalue weighted by Gasteiger charge is 2.16. The van der Waals surface area contributed by atoms with Crippen LogP contribution in [0.1, 0.15) is 211 Å². The predicted molar refractivity (Wildman–Crippen MR) is 227 cm³/mol. The zero-order valence-corrected chi connectivity index (χ0v) is 35.4. The minimum atomic E-state index is -0.136. The van der Waals surface area contributed by atoms with Crippen molar-refractivity contribution in [2.75, 3.05) is 14.1 Å². The minimum absolute atomic E-state index is 0.0876. The SMILES string of the molecule is CCCCC/C=C\C/C=C\CCCCCCCC(=O)OCc1cc(COC(=O)CC(CCCCCCCC)CCCCCCCC)cc(CN(C)C)c1. The molecule has 0 aliphatic carbocycles. The summed E-state index contributed by atoms with van der Waals surface area (Å²) in [7, 11) is 4.09. The number of carbonyl (C=O) groups excluding carboxylic acids is 2. The van der Waals surface area contributed by atoms with Crippen LogP contribution >= 0.6 is 0 Å². The van der Waals surface area contributed by atoms with E-state index in [0.29, 0.717) is 18.8 Å². The van der Waals surface area contributed by atoms with Crippen molar-refractivity contribution in [1.82, 2.24) is 4.90 Å². The number of ether oxygens (including phenoxy) is 2. The fraction of sp³-hybridized carbons (Fsp3) is 0.750. The summed E-state index contributed by atoms with van der Waals surface area (Å²) >= 11 is 0. The first-order valence-electron chi connectivity index (χ1n) is 22.3. The molecule has 0 spiro atoms. The Balaban J connectivity index is 2.48. The Morgan fingerprint density at radius 2 is 0.981 bits per heavy atom. The summed E-state index contributed by atoms with van der Waals surface area (Å²) in [6, 6.07) is 6.25. The molecule has 0 fully saturated rings. The normalized spacial score (nSPS) is 11.8. The van der Waals surface area contributed by atoms with Crippen LogP contribution in [0, 0.1) is 5.92 Å². The van der Waals surface area contributed by atoms with E-state index in [9.17, 15) is 9.59 Å². The molecule has 0 radical (unpaired) electrons. The molecule has 1 aromatic carbocycles. The molecule has 0 unspecified atom stereocenters. The first-order chi connectivity index (χ1) is 25.9. The van der Waals surface area contributed by atoms with Crippen LogP contribution in [0.2, 0.25) is 0 Å². The highest BCUT2D eigenvalue weighted by molar-refractivity contribution is 5.70. The first-order valence-corrected chi connectivity index (χ1v) is 22.3. The lowest BCUT2D eigenvalue weighted by Crippen LogP contribution is -2.14. The van der Waals surface area contributed by atoms with Crippen molar-refractivity contribution in [3.63, 3.8) is 0 Å². The van der Waals surface area contributed by atoms with E-state index in [1.54, 1.807) is 0 Å². The molecule has 0 saturated carbocycles. The van der Waals surface area contributed by atoms with Crippen LogP contribution in [0.25, 0.3) is 0 Å². The fourth-order valence-electron chi connectivity index (χ4n) is 7.01. The van der Waals surface area contributed by atoms with Gasteiger partial charge in [0.25, 0.3) is 0 Å². The van der Waals surface area contributed by atoms with Crippen LogP contribution in [-0.2, 0) is 38.8 Å². The standard InChI is InChI=1S/C48H83NO4/c1-6-9-12-15-18-19-20-21-22-23-24-25-26-29-32-35-47(50)52-41-45-36-44(40-49(4)5)37-46(38-45)42-53-48(51)39-43(33-30-27-16-13-10-7-2)34-31-28-17-14-11-8-3/h18-19,21-22,36-38,43H,6-17,20,23-35,39-42H2,1-5H3/b19-18-,22-21-. The molecule has 1 rings (SSSR count). The molecule has 0 aliphatic rings. The van der Waals surface area contributed by atoms with Crippen LogP contribution in [0.4, 0.5) is 0 Å². The van der Waals surface area contributed by atoms with Crippen LogP contribution in [0.5, 0.6) is 0 Å². The van der Waals surface area contributed by atoms with Crippen molar-refractivity contribution >= 4 is 11.9 Å². The van der Waals surface area contributed by atoms with Gasteiger partial charge in [0.05, 0.1) is 0 Å². The monoisotopic (exact) mass is 738 g/mol. The van der Waals surface area contributed by atoms with E-state index < -0.39 is 0 Å². The third kappa shape index (κ3) is 30.6. The van der Waals surface area contributed by atoms with Gasteiger partial charge in [0, 0.05) is 19.4 Å². The van der Waals surface area contributed by atoms with Crippen LogP contribution in [0.3, 0.4) is 0 Å². The highest BCUT2D eigenvalue weighted by atomic mass is 16.5. The van der Waals surface area contributed by atoms with Crippen molar-refractivity contribution in [2.24, 2.45) is 5.92 Å². The van der Waals surface area contributed by atoms with E-state index in [1.165, 1.54) is 116 Å². The Hall–Kier alpha value is -2.40. The molecule has 0 bridgehead atoms. The van der Waals surface area contributed by atoms with Gasteiger partial charge in [-0.1, -0.05) is 166 Å². The molecule has 1 aromatic rings. The van der Waals surface area contributed by atoms with E-state index in [2.05, 4.69) is 62.1 Å². The van der Waals surface area contributed by atoms with Gasteiger partial charge in [-0.3, -0.25) is 9.59 Å². The second kappa shape index (κ2) is 35.3. The van der Waals surface area contributed by atoms with Gasteiger partial charge in [-0.25, -0.2) is 0 Å². The summed E-state index contributed by atoms with van der Waals surface area (Å²) in [6.07, 6.45) is 40.6. The lowest BCUT2D eigenvalue weighted by atomic mass is 9.91. The van der Waals surface area contributed by atoms with Gasteiger partial charge < -0.3 is 14.4 Å². The van der Waals surface area contributed by atoms with E-state index in [1.807, 2.05) is 20.2 Å². The third-order valence-electron chi connectivity index (χ3n) is 10.1. The zero-order valence-electron chi connectivity index (χ0n) is 35.4. The van der Waals surface area contributed by atoms with Gasteiger partial charge in [0.15, 0.2) is 0 Å². The van der Waals surface area contributed by atoms with E-state index >= 15 is 0 Å². The summed E-state index contributed by atoms with van der Waals surface area (Å²) < 4.78 is 11.6. The van der Waals surface area contributed by atoms with Gasteiger partial charge in [0.1, 0.15) is 13.2 Å². The van der Waals surface area contributed by atoms with Crippen molar-refractivity contribution < 1.29 is 19.1 Å². The van der Waals surface area contributed by atoms with E-state index in [4.69, 9.17) is 9.47 Å². The number of rotatable bonds is 36. The van der Waals surface area contributed by atoms with Gasteiger partial charge in [-0.15, -0.1) is 0 Å². The molecule has 0 heterocycles. The molecule has 0 saturated heterocycles. The number of unbranched alkanes of at least 4 members (excludes halogenated alkanes) is 18. The summed E-state index contributed by atoms with van der Waals surface area (Å²) in [5, 5.41) is 0. The predicted octanol–water partition coefficient (Wildman–Crippen LogP) is 14.2. The number of allylic oxidation sites excluding steroid dienone is 4. The number of nitrogens with zero attached hydrogens (tertiary/aromatic N) is 1. The smallest absolute Gasteiger partial charge is 0.306 e. The number of benzene rings is 1. The molecular weight excluding hydrogens is 655 g/mol. The summed E-state index contributed by atoms with van der Waals surface area (Å²) in [5.41, 5.74) is 3.04. The molecule has 0 N–H and O–H groups in total. The van der Waals surface area contributed by atoms with Gasteiger partial charge in [0.2, 0.25) is 0 Å². The first kappa shape index (κ1) is 48.6. The maximum atomic E-state index is 13.1. The van der Waals surface area contributed by atoms with Gasteiger partial charge >= 0.3 is 11.9 Å². The van der Waals surface area contributed by atoms with E-state index in [-0.39, 0.29) is 25.2 Å². The molecule has 0 atom stereocenters. The molecular formula is C48H83NO4. The Morgan fingerprint density at radius 3 is 1.53 bits per heavy atom. The largest absolute Gasteiger partial charge is 0.461 e. The fourth-order valence-corrected chi connectivity index (χ4v) is 7.01. The summed E-state index contributed by atoms with van der Waals surface area (Å²) in [4.78, 5) is 27.8. The second-order valence-corrected chi connectivity index (χ2v) is 15.9. The molecule has 5 nitrogen and oxygen atoms in total. The topological polar surface area (TPSA) is 55.8 Å². The van der Waals surface area contributed by atoms with Crippen molar-refractivity contribution in [3.8, 4) is 0 Å². The van der Waals surface area contributed by atoms with Crippen molar-refractivity contribution in [2.45, 2.75) is 214 Å². The Labute approximate surface area is 328 Å². The Morgan fingerprint density at radius 1 is 0.547 bits per heavy atom. The quantitative estimate of drug-likeness (QED) is 0.0390. The molecule has 0 aliphatic heterocycles. The molecule has 53 heavy (non-hydrogen) atoms. The molecule has 304 valence electrons. The maximum Gasteiger partial charge on any atom is 0.306 e.